The Balaban J connectivity index is 2.19. The lowest BCUT2D eigenvalue weighted by Crippen LogP contribution is -2.33. The van der Waals surface area contributed by atoms with Gasteiger partial charge in [0.25, 0.3) is 0 Å². The fraction of sp³-hybridized carbons (Fsp3) is 0.667. The van der Waals surface area contributed by atoms with Crippen molar-refractivity contribution in [3.05, 3.63) is 35.4 Å². The molecule has 2 rings (SSSR count). The molecule has 0 aromatic heterocycles. The number of benzene rings is 1. The monoisotopic (exact) mass is 260 g/mol. The second-order valence-corrected chi connectivity index (χ2v) is 5.87. The van der Waals surface area contributed by atoms with Crippen LogP contribution >= 0.6 is 0 Å². The van der Waals surface area contributed by atoms with Crippen LogP contribution < -0.4 is 0 Å². The highest BCUT2D eigenvalue weighted by atomic mass is 16.5. The van der Waals surface area contributed by atoms with E-state index in [9.17, 15) is 0 Å². The van der Waals surface area contributed by atoms with Gasteiger partial charge in [-0.25, -0.2) is 0 Å². The fourth-order valence-corrected chi connectivity index (χ4v) is 3.77. The summed E-state index contributed by atoms with van der Waals surface area (Å²) in [7, 11) is 1.91. The van der Waals surface area contributed by atoms with E-state index in [-0.39, 0.29) is 5.60 Å². The van der Waals surface area contributed by atoms with E-state index in [0.717, 1.165) is 0 Å². The van der Waals surface area contributed by atoms with E-state index < -0.39 is 0 Å². The minimum absolute atomic E-state index is 0.0148. The lowest BCUT2D eigenvalue weighted by molar-refractivity contribution is -0.0637. The van der Waals surface area contributed by atoms with E-state index in [1.54, 1.807) is 0 Å². The maximum absolute atomic E-state index is 6.11. The largest absolute Gasteiger partial charge is 0.373 e. The van der Waals surface area contributed by atoms with Crippen molar-refractivity contribution in [3.8, 4) is 0 Å². The molecule has 0 saturated heterocycles. The molecule has 0 radical (unpaired) electrons. The zero-order chi connectivity index (χ0) is 13.7. The van der Waals surface area contributed by atoms with E-state index in [1.807, 2.05) is 7.11 Å². The number of methoxy groups -OCH3 is 1. The Morgan fingerprint density at radius 1 is 1.16 bits per heavy atom. The van der Waals surface area contributed by atoms with Gasteiger partial charge in [-0.05, 0) is 36.3 Å². The third-order valence-electron chi connectivity index (χ3n) is 4.86. The SMILES string of the molecule is CCCCCCC1(OC)c2ccccc2CC1CC. The van der Waals surface area contributed by atoms with Crippen LogP contribution in [0.15, 0.2) is 24.3 Å². The number of rotatable bonds is 7. The van der Waals surface area contributed by atoms with E-state index >= 15 is 0 Å². The first-order chi connectivity index (χ1) is 9.28. The van der Waals surface area contributed by atoms with Crippen LogP contribution in [-0.4, -0.2) is 7.11 Å². The number of hydrogen-bond donors (Lipinski definition) is 0. The Morgan fingerprint density at radius 2 is 1.95 bits per heavy atom. The fourth-order valence-electron chi connectivity index (χ4n) is 3.77. The molecule has 0 saturated carbocycles. The molecule has 0 amide bonds. The predicted molar refractivity (Wildman–Crippen MR) is 81.4 cm³/mol. The van der Waals surface area contributed by atoms with Crippen LogP contribution in [0.4, 0.5) is 0 Å². The van der Waals surface area contributed by atoms with Crippen LogP contribution in [0.2, 0.25) is 0 Å². The van der Waals surface area contributed by atoms with E-state index in [2.05, 4.69) is 38.1 Å². The first-order valence-corrected chi connectivity index (χ1v) is 7.92. The molecule has 0 N–H and O–H groups in total. The lowest BCUT2D eigenvalue weighted by atomic mass is 9.81. The average Bonchev–Trinajstić information content (AvgIpc) is 2.78. The van der Waals surface area contributed by atoms with Crippen LogP contribution in [0.1, 0.15) is 63.5 Å². The van der Waals surface area contributed by atoms with Crippen molar-refractivity contribution in [3.63, 3.8) is 0 Å². The van der Waals surface area contributed by atoms with Crippen LogP contribution in [0.3, 0.4) is 0 Å². The summed E-state index contributed by atoms with van der Waals surface area (Å²) in [5, 5.41) is 0. The lowest BCUT2D eigenvalue weighted by Gasteiger charge is -2.35. The smallest absolute Gasteiger partial charge is 0.0961 e. The Morgan fingerprint density at radius 3 is 2.63 bits per heavy atom. The summed E-state index contributed by atoms with van der Waals surface area (Å²) in [5.41, 5.74) is 2.95. The molecule has 106 valence electrons. The zero-order valence-electron chi connectivity index (χ0n) is 12.7. The van der Waals surface area contributed by atoms with Gasteiger partial charge < -0.3 is 4.74 Å². The van der Waals surface area contributed by atoms with Gasteiger partial charge in [0, 0.05) is 7.11 Å². The van der Waals surface area contributed by atoms with E-state index in [4.69, 9.17) is 4.74 Å². The number of ether oxygens (including phenoxy) is 1. The third-order valence-corrected chi connectivity index (χ3v) is 4.86. The first kappa shape index (κ1) is 14.6. The van der Waals surface area contributed by atoms with Gasteiger partial charge in [-0.3, -0.25) is 0 Å². The molecule has 0 heterocycles. The Hall–Kier alpha value is -0.820. The molecule has 0 bridgehead atoms. The minimum atomic E-state index is -0.0148. The highest BCUT2D eigenvalue weighted by Crippen LogP contribution is 2.48. The van der Waals surface area contributed by atoms with Crippen molar-refractivity contribution in [2.45, 2.75) is 64.4 Å². The first-order valence-electron chi connectivity index (χ1n) is 7.92. The van der Waals surface area contributed by atoms with Gasteiger partial charge >= 0.3 is 0 Å². The maximum Gasteiger partial charge on any atom is 0.0961 e. The van der Waals surface area contributed by atoms with Crippen molar-refractivity contribution in [2.75, 3.05) is 7.11 Å². The molecule has 1 heteroatoms. The van der Waals surface area contributed by atoms with Crippen LogP contribution in [0.25, 0.3) is 0 Å². The molecule has 1 aliphatic rings. The molecular weight excluding hydrogens is 232 g/mol. The summed E-state index contributed by atoms with van der Waals surface area (Å²) in [4.78, 5) is 0. The summed E-state index contributed by atoms with van der Waals surface area (Å²) < 4.78 is 6.11. The van der Waals surface area contributed by atoms with Crippen molar-refractivity contribution < 1.29 is 4.74 Å². The van der Waals surface area contributed by atoms with Gasteiger partial charge in [0.15, 0.2) is 0 Å². The Bertz CT molecular complexity index is 398. The number of fused-ring (bicyclic) bond motifs is 1. The minimum Gasteiger partial charge on any atom is -0.373 e. The highest BCUT2D eigenvalue weighted by Gasteiger charge is 2.45. The second kappa shape index (κ2) is 6.56. The molecular formula is C18H28O. The molecule has 19 heavy (non-hydrogen) atoms. The summed E-state index contributed by atoms with van der Waals surface area (Å²) in [6.07, 6.45) is 8.84. The molecule has 0 fully saturated rings. The molecule has 1 aliphatic carbocycles. The van der Waals surface area contributed by atoms with Crippen molar-refractivity contribution in [2.24, 2.45) is 5.92 Å². The van der Waals surface area contributed by atoms with Crippen molar-refractivity contribution in [1.29, 1.82) is 0 Å². The summed E-state index contributed by atoms with van der Waals surface area (Å²) in [6, 6.07) is 8.89. The molecule has 1 aromatic carbocycles. The van der Waals surface area contributed by atoms with Crippen LogP contribution in [0, 0.1) is 5.92 Å². The predicted octanol–water partition coefficient (Wildman–Crippen LogP) is 5.08. The Labute approximate surface area is 118 Å². The molecule has 2 unspecified atom stereocenters. The third kappa shape index (κ3) is 2.72. The molecule has 1 aromatic rings. The van der Waals surface area contributed by atoms with Gasteiger partial charge in [-0.1, -0.05) is 63.8 Å². The topological polar surface area (TPSA) is 9.23 Å². The quantitative estimate of drug-likeness (QED) is 0.621. The average molecular weight is 260 g/mol. The van der Waals surface area contributed by atoms with Crippen molar-refractivity contribution >= 4 is 0 Å². The Kier molecular flexibility index (Phi) is 5.04. The molecule has 2 atom stereocenters. The van der Waals surface area contributed by atoms with Gasteiger partial charge in [-0.2, -0.15) is 0 Å². The maximum atomic E-state index is 6.11. The van der Waals surface area contributed by atoms with Gasteiger partial charge in [0.2, 0.25) is 0 Å². The van der Waals surface area contributed by atoms with E-state index in [0.29, 0.717) is 5.92 Å². The molecule has 0 spiro atoms. The van der Waals surface area contributed by atoms with Gasteiger partial charge in [0.05, 0.1) is 5.60 Å². The van der Waals surface area contributed by atoms with Crippen LogP contribution in [-0.2, 0) is 16.8 Å². The molecule has 1 nitrogen and oxygen atoms in total. The van der Waals surface area contributed by atoms with Gasteiger partial charge in [0.1, 0.15) is 0 Å². The normalized spacial score (nSPS) is 25.5. The summed E-state index contributed by atoms with van der Waals surface area (Å²) in [5.74, 6) is 0.650. The second-order valence-electron chi connectivity index (χ2n) is 5.87. The van der Waals surface area contributed by atoms with Crippen molar-refractivity contribution in [1.82, 2.24) is 0 Å². The zero-order valence-corrected chi connectivity index (χ0v) is 12.7. The standard InChI is InChI=1S/C18H28O/c1-4-6-7-10-13-18(19-3)16(5-2)14-15-11-8-9-12-17(15)18/h8-9,11-12,16H,4-7,10,13-14H2,1-3H3. The summed E-state index contributed by atoms with van der Waals surface area (Å²) >= 11 is 0. The number of hydrogen-bond acceptors (Lipinski definition) is 1. The van der Waals surface area contributed by atoms with Gasteiger partial charge in [-0.15, -0.1) is 0 Å². The summed E-state index contributed by atoms with van der Waals surface area (Å²) in [6.45, 7) is 4.57. The highest BCUT2D eigenvalue weighted by molar-refractivity contribution is 5.38. The number of unbranched alkanes of at least 4 members (excludes halogenated alkanes) is 3. The molecule has 0 aliphatic heterocycles. The van der Waals surface area contributed by atoms with E-state index in [1.165, 1.54) is 56.1 Å². The van der Waals surface area contributed by atoms with Crippen LogP contribution in [0.5, 0.6) is 0 Å².